The molecule has 0 aromatic heterocycles. The van der Waals surface area contributed by atoms with Crippen LogP contribution in [0, 0.1) is 10.8 Å². The lowest BCUT2D eigenvalue weighted by atomic mass is 9.62. The number of unbranched alkanes of at least 4 members (excludes halogenated alkanes) is 5. The second-order valence-electron chi connectivity index (χ2n) is 7.56. The van der Waals surface area contributed by atoms with Crippen molar-refractivity contribution in [1.82, 2.24) is 0 Å². The maximum absolute atomic E-state index is 11.9. The molecule has 1 aliphatic rings. The fourth-order valence-electron chi connectivity index (χ4n) is 3.86. The van der Waals surface area contributed by atoms with Crippen molar-refractivity contribution in [3.05, 3.63) is 0 Å². The number of ketones is 1. The fourth-order valence-corrected chi connectivity index (χ4v) is 3.86. The smallest absolute Gasteiger partial charge is 0.133 e. The standard InChI is InChI=1S/C17H32O/c1-5-6-7-8-9-10-11-17(4)13-15(18)12-16(2,3)14-17/h5-14H2,1-4H3. The van der Waals surface area contributed by atoms with Crippen LogP contribution in [-0.4, -0.2) is 5.78 Å². The van der Waals surface area contributed by atoms with E-state index in [1.807, 2.05) is 0 Å². The van der Waals surface area contributed by atoms with Gasteiger partial charge in [0.25, 0.3) is 0 Å². The van der Waals surface area contributed by atoms with Crippen LogP contribution in [0.25, 0.3) is 0 Å². The maximum atomic E-state index is 11.9. The molecule has 18 heavy (non-hydrogen) atoms. The van der Waals surface area contributed by atoms with Gasteiger partial charge in [0, 0.05) is 12.8 Å². The summed E-state index contributed by atoms with van der Waals surface area (Å²) in [5.74, 6) is 0.486. The average molecular weight is 252 g/mol. The highest BCUT2D eigenvalue weighted by molar-refractivity contribution is 5.80. The van der Waals surface area contributed by atoms with Gasteiger partial charge in [-0.15, -0.1) is 0 Å². The third-order valence-electron chi connectivity index (χ3n) is 4.34. The highest BCUT2D eigenvalue weighted by Gasteiger charge is 2.39. The third kappa shape index (κ3) is 5.54. The van der Waals surface area contributed by atoms with Crippen molar-refractivity contribution >= 4 is 5.78 Å². The number of hydrogen-bond donors (Lipinski definition) is 0. The highest BCUT2D eigenvalue weighted by Crippen LogP contribution is 2.47. The van der Waals surface area contributed by atoms with Crippen molar-refractivity contribution in [2.75, 3.05) is 0 Å². The zero-order chi connectivity index (χ0) is 13.6. The van der Waals surface area contributed by atoms with Crippen LogP contribution in [0.15, 0.2) is 0 Å². The molecule has 0 radical (unpaired) electrons. The van der Waals surface area contributed by atoms with Gasteiger partial charge in [0.15, 0.2) is 0 Å². The Balaban J connectivity index is 2.29. The Kier molecular flexibility index (Phi) is 5.88. The Hall–Kier alpha value is -0.330. The maximum Gasteiger partial charge on any atom is 0.133 e. The summed E-state index contributed by atoms with van der Waals surface area (Å²) in [5.41, 5.74) is 0.510. The SMILES string of the molecule is CCCCCCCCC1(C)CC(=O)CC(C)(C)C1. The second-order valence-corrected chi connectivity index (χ2v) is 7.56. The molecular weight excluding hydrogens is 220 g/mol. The van der Waals surface area contributed by atoms with Gasteiger partial charge in [-0.1, -0.05) is 66.2 Å². The average Bonchev–Trinajstić information content (AvgIpc) is 2.19. The molecule has 0 bridgehead atoms. The number of Topliss-reactive ketones (excluding diaryl/α,β-unsaturated/α-hetero) is 1. The van der Waals surface area contributed by atoms with Crippen molar-refractivity contribution in [1.29, 1.82) is 0 Å². The Labute approximate surface area is 114 Å². The van der Waals surface area contributed by atoms with Gasteiger partial charge in [-0.2, -0.15) is 0 Å². The van der Waals surface area contributed by atoms with E-state index in [1.165, 1.54) is 51.4 Å². The largest absolute Gasteiger partial charge is 0.300 e. The molecule has 0 aliphatic heterocycles. The zero-order valence-corrected chi connectivity index (χ0v) is 13.0. The van der Waals surface area contributed by atoms with E-state index in [0.29, 0.717) is 5.78 Å². The highest BCUT2D eigenvalue weighted by atomic mass is 16.1. The van der Waals surface area contributed by atoms with Crippen LogP contribution in [0.2, 0.25) is 0 Å². The molecule has 106 valence electrons. The molecule has 0 amide bonds. The van der Waals surface area contributed by atoms with Crippen molar-refractivity contribution in [2.24, 2.45) is 10.8 Å². The van der Waals surface area contributed by atoms with E-state index in [-0.39, 0.29) is 10.8 Å². The van der Waals surface area contributed by atoms with Gasteiger partial charge < -0.3 is 0 Å². The first-order valence-corrected chi connectivity index (χ1v) is 7.89. The monoisotopic (exact) mass is 252 g/mol. The molecule has 0 aromatic rings. The molecule has 0 N–H and O–H groups in total. The lowest BCUT2D eigenvalue weighted by Crippen LogP contribution is -2.35. The van der Waals surface area contributed by atoms with Crippen LogP contribution < -0.4 is 0 Å². The molecule has 1 fully saturated rings. The van der Waals surface area contributed by atoms with E-state index in [9.17, 15) is 4.79 Å². The van der Waals surface area contributed by atoms with Gasteiger partial charge >= 0.3 is 0 Å². The summed E-state index contributed by atoms with van der Waals surface area (Å²) < 4.78 is 0. The van der Waals surface area contributed by atoms with Crippen LogP contribution in [-0.2, 0) is 4.79 Å². The first-order valence-electron chi connectivity index (χ1n) is 7.89. The van der Waals surface area contributed by atoms with Crippen molar-refractivity contribution < 1.29 is 4.79 Å². The molecule has 1 heteroatoms. The van der Waals surface area contributed by atoms with Crippen LogP contribution in [0.3, 0.4) is 0 Å². The zero-order valence-electron chi connectivity index (χ0n) is 13.0. The molecular formula is C17H32O. The number of carbonyl (C=O) groups is 1. The van der Waals surface area contributed by atoms with Crippen LogP contribution in [0.1, 0.15) is 91.9 Å². The molecule has 0 spiro atoms. The molecule has 0 heterocycles. The summed E-state index contributed by atoms with van der Waals surface area (Å²) in [7, 11) is 0. The summed E-state index contributed by atoms with van der Waals surface area (Å²) >= 11 is 0. The Morgan fingerprint density at radius 3 is 2.17 bits per heavy atom. The van der Waals surface area contributed by atoms with Crippen molar-refractivity contribution in [3.8, 4) is 0 Å². The summed E-state index contributed by atoms with van der Waals surface area (Å²) in [6.07, 6.45) is 12.2. The summed E-state index contributed by atoms with van der Waals surface area (Å²) in [6, 6.07) is 0. The minimum atomic E-state index is 0.228. The van der Waals surface area contributed by atoms with Gasteiger partial charge in [-0.25, -0.2) is 0 Å². The number of hydrogen-bond acceptors (Lipinski definition) is 1. The van der Waals surface area contributed by atoms with E-state index in [0.717, 1.165) is 12.8 Å². The van der Waals surface area contributed by atoms with Crippen LogP contribution >= 0.6 is 0 Å². The van der Waals surface area contributed by atoms with Gasteiger partial charge in [0.1, 0.15) is 5.78 Å². The fraction of sp³-hybridized carbons (Fsp3) is 0.941. The summed E-state index contributed by atoms with van der Waals surface area (Å²) in [4.78, 5) is 11.9. The Bertz CT molecular complexity index is 267. The third-order valence-corrected chi connectivity index (χ3v) is 4.34. The minimum Gasteiger partial charge on any atom is -0.300 e. The lowest BCUT2D eigenvalue weighted by Gasteiger charge is -2.42. The van der Waals surface area contributed by atoms with Crippen LogP contribution in [0.4, 0.5) is 0 Å². The molecule has 0 saturated heterocycles. The van der Waals surface area contributed by atoms with Gasteiger partial charge in [0.2, 0.25) is 0 Å². The van der Waals surface area contributed by atoms with E-state index >= 15 is 0 Å². The number of carbonyl (C=O) groups excluding carboxylic acids is 1. The van der Waals surface area contributed by atoms with Crippen molar-refractivity contribution in [3.63, 3.8) is 0 Å². The van der Waals surface area contributed by atoms with Crippen molar-refractivity contribution in [2.45, 2.75) is 91.9 Å². The Morgan fingerprint density at radius 2 is 1.56 bits per heavy atom. The molecule has 1 unspecified atom stereocenters. The van der Waals surface area contributed by atoms with Gasteiger partial charge in [-0.3, -0.25) is 4.79 Å². The molecule has 1 atom stereocenters. The molecule has 1 rings (SSSR count). The lowest BCUT2D eigenvalue weighted by molar-refractivity contribution is -0.127. The van der Waals surface area contributed by atoms with E-state index in [1.54, 1.807) is 0 Å². The first kappa shape index (κ1) is 15.7. The first-order chi connectivity index (χ1) is 8.37. The van der Waals surface area contributed by atoms with E-state index < -0.39 is 0 Å². The summed E-state index contributed by atoms with van der Waals surface area (Å²) in [6.45, 7) is 9.10. The Morgan fingerprint density at radius 1 is 0.944 bits per heavy atom. The predicted octanol–water partition coefficient (Wildman–Crippen LogP) is 5.52. The quantitative estimate of drug-likeness (QED) is 0.545. The predicted molar refractivity (Wildman–Crippen MR) is 78.7 cm³/mol. The molecule has 0 aromatic carbocycles. The van der Waals surface area contributed by atoms with Crippen LogP contribution in [0.5, 0.6) is 0 Å². The van der Waals surface area contributed by atoms with Gasteiger partial charge in [0.05, 0.1) is 0 Å². The minimum absolute atomic E-state index is 0.228. The second kappa shape index (κ2) is 6.73. The molecule has 1 saturated carbocycles. The summed E-state index contributed by atoms with van der Waals surface area (Å²) in [5, 5.41) is 0. The van der Waals surface area contributed by atoms with E-state index in [4.69, 9.17) is 0 Å². The molecule has 1 nitrogen and oxygen atoms in total. The topological polar surface area (TPSA) is 17.1 Å². The number of rotatable bonds is 7. The normalized spacial score (nSPS) is 27.4. The molecule has 1 aliphatic carbocycles. The van der Waals surface area contributed by atoms with Gasteiger partial charge in [-0.05, 0) is 23.7 Å². The van der Waals surface area contributed by atoms with E-state index in [2.05, 4.69) is 27.7 Å².